The molecule has 0 aromatic carbocycles. The Kier molecular flexibility index (Phi) is 1.22. The molecule has 0 aliphatic heterocycles. The van der Waals surface area contributed by atoms with Crippen molar-refractivity contribution in [2.45, 2.75) is 25.4 Å². The minimum Gasteiger partial charge on any atom is -0.279 e. The summed E-state index contributed by atoms with van der Waals surface area (Å²) in [7, 11) is 0. The number of nitrogens with zero attached hydrogens (tertiary/aromatic N) is 1. The lowest BCUT2D eigenvalue weighted by atomic mass is 9.97. The smallest absolute Gasteiger partial charge is 0.142 e. The number of alkyl halides is 1. The molecule has 1 unspecified atom stereocenters. The van der Waals surface area contributed by atoms with E-state index >= 15 is 0 Å². The largest absolute Gasteiger partial charge is 0.279 e. The highest BCUT2D eigenvalue weighted by Gasteiger charge is 2.20. The lowest BCUT2D eigenvalue weighted by Crippen LogP contribution is -2.03. The predicted molar refractivity (Wildman–Crippen MR) is 35.4 cm³/mol. The molecule has 10 heavy (non-hydrogen) atoms. The van der Waals surface area contributed by atoms with E-state index in [1.165, 1.54) is 0 Å². The van der Waals surface area contributed by atoms with Gasteiger partial charge in [-0.3, -0.25) is 5.10 Å². The molecule has 54 valence electrons. The van der Waals surface area contributed by atoms with E-state index in [-0.39, 0.29) is 0 Å². The molecule has 1 heterocycles. The van der Waals surface area contributed by atoms with Gasteiger partial charge in [-0.1, -0.05) is 0 Å². The SMILES string of the molecule is FC1CCCc2cn[nH]c21. The van der Waals surface area contributed by atoms with Crippen LogP contribution >= 0.6 is 0 Å². The normalized spacial score (nSPS) is 24.3. The Morgan fingerprint density at radius 2 is 2.60 bits per heavy atom. The summed E-state index contributed by atoms with van der Waals surface area (Å²) in [6.45, 7) is 0. The molecule has 1 N–H and O–H groups in total. The Labute approximate surface area is 58.4 Å². The number of hydrogen-bond acceptors (Lipinski definition) is 1. The first-order valence-electron chi connectivity index (χ1n) is 3.54. The summed E-state index contributed by atoms with van der Waals surface area (Å²) in [5, 5.41) is 6.47. The zero-order chi connectivity index (χ0) is 6.97. The van der Waals surface area contributed by atoms with Gasteiger partial charge in [-0.05, 0) is 24.8 Å². The first-order chi connectivity index (χ1) is 4.88. The maximum absolute atomic E-state index is 12.9. The molecule has 0 radical (unpaired) electrons. The van der Waals surface area contributed by atoms with E-state index in [0.29, 0.717) is 12.1 Å². The van der Waals surface area contributed by atoms with Crippen molar-refractivity contribution in [1.29, 1.82) is 0 Å². The summed E-state index contributed by atoms with van der Waals surface area (Å²) in [6, 6.07) is 0. The van der Waals surface area contributed by atoms with E-state index in [4.69, 9.17) is 0 Å². The predicted octanol–water partition coefficient (Wildman–Crippen LogP) is 1.76. The van der Waals surface area contributed by atoms with Crippen LogP contribution in [0.4, 0.5) is 4.39 Å². The Hall–Kier alpha value is -0.860. The van der Waals surface area contributed by atoms with Gasteiger partial charge in [-0.25, -0.2) is 4.39 Å². The average molecular weight is 140 g/mol. The molecule has 1 aromatic heterocycles. The van der Waals surface area contributed by atoms with E-state index in [2.05, 4.69) is 10.2 Å². The first kappa shape index (κ1) is 5.89. The van der Waals surface area contributed by atoms with Crippen LogP contribution in [0.3, 0.4) is 0 Å². The minimum atomic E-state index is -0.800. The van der Waals surface area contributed by atoms with E-state index in [1.54, 1.807) is 6.20 Å². The van der Waals surface area contributed by atoms with Gasteiger partial charge in [-0.15, -0.1) is 0 Å². The molecule has 0 saturated carbocycles. The molecule has 1 aromatic rings. The summed E-state index contributed by atoms with van der Waals surface area (Å²) in [6.07, 6.45) is 3.50. The monoisotopic (exact) mass is 140 g/mol. The number of halogens is 1. The van der Waals surface area contributed by atoms with Gasteiger partial charge in [0.15, 0.2) is 0 Å². The second-order valence-corrected chi connectivity index (χ2v) is 2.67. The molecule has 2 rings (SSSR count). The number of H-pyrrole nitrogens is 1. The number of fused-ring (bicyclic) bond motifs is 1. The number of aromatic nitrogens is 2. The summed E-state index contributed by atoms with van der Waals surface area (Å²) in [5.41, 5.74) is 1.75. The molecule has 1 atom stereocenters. The first-order valence-corrected chi connectivity index (χ1v) is 3.54. The highest BCUT2D eigenvalue weighted by molar-refractivity contribution is 5.21. The van der Waals surface area contributed by atoms with Crippen molar-refractivity contribution in [3.05, 3.63) is 17.5 Å². The number of aromatic amines is 1. The zero-order valence-corrected chi connectivity index (χ0v) is 5.60. The Morgan fingerprint density at radius 3 is 3.40 bits per heavy atom. The Bertz CT molecular complexity index is 231. The molecule has 0 saturated heterocycles. The number of aryl methyl sites for hydroxylation is 1. The molecule has 3 heteroatoms. The van der Waals surface area contributed by atoms with Gasteiger partial charge in [0, 0.05) is 0 Å². The highest BCUT2D eigenvalue weighted by Crippen LogP contribution is 2.30. The summed E-state index contributed by atoms with van der Waals surface area (Å²) < 4.78 is 12.9. The van der Waals surface area contributed by atoms with Crippen molar-refractivity contribution in [3.8, 4) is 0 Å². The van der Waals surface area contributed by atoms with Crippen molar-refractivity contribution >= 4 is 0 Å². The van der Waals surface area contributed by atoms with Gasteiger partial charge in [0.05, 0.1) is 11.9 Å². The molecule has 1 aliphatic carbocycles. The molecular weight excluding hydrogens is 131 g/mol. The molecule has 2 nitrogen and oxygen atoms in total. The van der Waals surface area contributed by atoms with Gasteiger partial charge in [-0.2, -0.15) is 5.10 Å². The van der Waals surface area contributed by atoms with Gasteiger partial charge in [0.2, 0.25) is 0 Å². The van der Waals surface area contributed by atoms with Crippen LogP contribution in [0.25, 0.3) is 0 Å². The zero-order valence-electron chi connectivity index (χ0n) is 5.60. The van der Waals surface area contributed by atoms with Crippen LogP contribution in [-0.2, 0) is 6.42 Å². The van der Waals surface area contributed by atoms with E-state index < -0.39 is 6.17 Å². The van der Waals surface area contributed by atoms with Crippen LogP contribution < -0.4 is 0 Å². The number of hydrogen-bond donors (Lipinski definition) is 1. The van der Waals surface area contributed by atoms with Crippen LogP contribution in [0.1, 0.15) is 30.3 Å². The lowest BCUT2D eigenvalue weighted by molar-refractivity contribution is 0.295. The van der Waals surface area contributed by atoms with Crippen molar-refractivity contribution in [1.82, 2.24) is 10.2 Å². The Morgan fingerprint density at radius 1 is 1.70 bits per heavy atom. The second-order valence-electron chi connectivity index (χ2n) is 2.67. The third-order valence-corrected chi connectivity index (χ3v) is 1.97. The highest BCUT2D eigenvalue weighted by atomic mass is 19.1. The van der Waals surface area contributed by atoms with Crippen LogP contribution in [0.15, 0.2) is 6.20 Å². The fourth-order valence-corrected chi connectivity index (χ4v) is 1.41. The van der Waals surface area contributed by atoms with Gasteiger partial charge in [0.25, 0.3) is 0 Å². The molecule has 1 aliphatic rings. The van der Waals surface area contributed by atoms with Crippen LogP contribution in [0, 0.1) is 0 Å². The molecular formula is C7H9FN2. The minimum absolute atomic E-state index is 0.648. The fraction of sp³-hybridized carbons (Fsp3) is 0.571. The van der Waals surface area contributed by atoms with Crippen molar-refractivity contribution in [2.75, 3.05) is 0 Å². The van der Waals surface area contributed by atoms with Gasteiger partial charge >= 0.3 is 0 Å². The maximum atomic E-state index is 12.9. The topological polar surface area (TPSA) is 28.7 Å². The third kappa shape index (κ3) is 0.735. The summed E-state index contributed by atoms with van der Waals surface area (Å²) in [4.78, 5) is 0. The van der Waals surface area contributed by atoms with E-state index in [1.807, 2.05) is 0 Å². The van der Waals surface area contributed by atoms with Crippen molar-refractivity contribution in [3.63, 3.8) is 0 Å². The standard InChI is InChI=1S/C7H9FN2/c8-6-3-1-2-5-4-9-10-7(5)6/h4,6H,1-3H2,(H,9,10). The lowest BCUT2D eigenvalue weighted by Gasteiger charge is -2.13. The quantitative estimate of drug-likeness (QED) is 0.584. The molecule has 0 amide bonds. The fourth-order valence-electron chi connectivity index (χ4n) is 1.41. The number of nitrogens with one attached hydrogen (secondary N) is 1. The average Bonchev–Trinajstić information content (AvgIpc) is 2.36. The second kappa shape index (κ2) is 2.08. The molecule has 0 fully saturated rings. The molecule has 0 bridgehead atoms. The van der Waals surface area contributed by atoms with E-state index in [9.17, 15) is 4.39 Å². The van der Waals surface area contributed by atoms with Crippen molar-refractivity contribution in [2.24, 2.45) is 0 Å². The van der Waals surface area contributed by atoms with Gasteiger partial charge in [0.1, 0.15) is 6.17 Å². The Balaban J connectivity index is 2.41. The van der Waals surface area contributed by atoms with Crippen LogP contribution in [0.5, 0.6) is 0 Å². The van der Waals surface area contributed by atoms with Crippen LogP contribution in [-0.4, -0.2) is 10.2 Å². The van der Waals surface area contributed by atoms with E-state index in [0.717, 1.165) is 18.4 Å². The number of rotatable bonds is 0. The van der Waals surface area contributed by atoms with Crippen molar-refractivity contribution < 1.29 is 4.39 Å². The maximum Gasteiger partial charge on any atom is 0.142 e. The van der Waals surface area contributed by atoms with Crippen LogP contribution in [0.2, 0.25) is 0 Å². The third-order valence-electron chi connectivity index (χ3n) is 1.97. The molecule has 0 spiro atoms. The summed E-state index contributed by atoms with van der Waals surface area (Å²) >= 11 is 0. The summed E-state index contributed by atoms with van der Waals surface area (Å²) in [5.74, 6) is 0. The van der Waals surface area contributed by atoms with Gasteiger partial charge < -0.3 is 0 Å².